The molecule has 3 atom stereocenters. The van der Waals surface area contributed by atoms with E-state index in [2.05, 4.69) is 5.32 Å². The van der Waals surface area contributed by atoms with Gasteiger partial charge >= 0.3 is 0 Å². The van der Waals surface area contributed by atoms with Crippen molar-refractivity contribution in [2.75, 3.05) is 23.8 Å². The maximum atomic E-state index is 11.6. The molecule has 0 saturated carbocycles. The lowest BCUT2D eigenvalue weighted by atomic mass is 10.0. The highest BCUT2D eigenvalue weighted by atomic mass is 32.2. The molecule has 0 radical (unpaired) electrons. The molecule has 0 aromatic rings. The first-order valence-corrected chi connectivity index (χ1v) is 7.54. The van der Waals surface area contributed by atoms with Crippen molar-refractivity contribution < 1.29 is 4.79 Å². The van der Waals surface area contributed by atoms with Crippen LogP contribution in [0.5, 0.6) is 0 Å². The molecule has 3 nitrogen and oxygen atoms in total. The molecule has 1 amide bonds. The Balaban J connectivity index is 2.20. The number of carbonyl (C=O) groups is 1. The molecular weight excluding hydrogens is 228 g/mol. The van der Waals surface area contributed by atoms with E-state index in [-0.39, 0.29) is 17.9 Å². The van der Waals surface area contributed by atoms with Gasteiger partial charge in [-0.25, -0.2) is 0 Å². The van der Waals surface area contributed by atoms with Gasteiger partial charge in [0.25, 0.3) is 0 Å². The second-order valence-corrected chi connectivity index (χ2v) is 6.52. The monoisotopic (exact) mass is 248 g/mol. The number of hydrogen-bond acceptors (Lipinski definition) is 4. The van der Waals surface area contributed by atoms with E-state index in [4.69, 9.17) is 5.73 Å². The van der Waals surface area contributed by atoms with Crippen LogP contribution in [0.15, 0.2) is 0 Å². The van der Waals surface area contributed by atoms with Crippen molar-refractivity contribution >= 4 is 29.4 Å². The molecule has 1 heterocycles. The van der Waals surface area contributed by atoms with Gasteiger partial charge in [-0.3, -0.25) is 4.79 Å². The van der Waals surface area contributed by atoms with Crippen LogP contribution in [-0.2, 0) is 4.79 Å². The number of carbonyl (C=O) groups excluding carboxylic acids is 1. The third kappa shape index (κ3) is 4.66. The molecule has 3 unspecified atom stereocenters. The maximum absolute atomic E-state index is 11.6. The minimum absolute atomic E-state index is 0.0709. The third-order valence-corrected chi connectivity index (χ3v) is 5.44. The Labute approximate surface area is 100 Å². The molecule has 1 saturated heterocycles. The fourth-order valence-corrected chi connectivity index (χ4v) is 3.88. The van der Waals surface area contributed by atoms with Crippen LogP contribution < -0.4 is 11.1 Å². The van der Waals surface area contributed by atoms with Crippen LogP contribution in [0.4, 0.5) is 0 Å². The molecule has 1 aliphatic rings. The number of rotatable bonds is 4. The molecule has 3 N–H and O–H groups in total. The summed E-state index contributed by atoms with van der Waals surface area (Å²) in [5.41, 5.74) is 5.68. The third-order valence-electron chi connectivity index (χ3n) is 2.59. The van der Waals surface area contributed by atoms with Crippen molar-refractivity contribution in [2.24, 2.45) is 11.7 Å². The van der Waals surface area contributed by atoms with Crippen LogP contribution >= 0.6 is 23.5 Å². The number of hydrogen-bond donors (Lipinski definition) is 2. The largest absolute Gasteiger partial charge is 0.355 e. The molecule has 0 spiro atoms. The van der Waals surface area contributed by atoms with E-state index in [0.29, 0.717) is 5.25 Å². The first kappa shape index (κ1) is 13.2. The summed E-state index contributed by atoms with van der Waals surface area (Å²) in [7, 11) is 0. The average molecular weight is 248 g/mol. The zero-order valence-corrected chi connectivity index (χ0v) is 11.0. The summed E-state index contributed by atoms with van der Waals surface area (Å²) in [6.07, 6.45) is 0. The van der Waals surface area contributed by atoms with Gasteiger partial charge in [-0.05, 0) is 6.92 Å². The zero-order valence-electron chi connectivity index (χ0n) is 9.36. The van der Waals surface area contributed by atoms with Gasteiger partial charge < -0.3 is 11.1 Å². The number of amides is 1. The van der Waals surface area contributed by atoms with E-state index in [0.717, 1.165) is 12.3 Å². The van der Waals surface area contributed by atoms with Crippen LogP contribution in [0, 0.1) is 5.92 Å². The molecule has 0 aromatic carbocycles. The summed E-state index contributed by atoms with van der Waals surface area (Å²) in [4.78, 5) is 11.6. The van der Waals surface area contributed by atoms with E-state index < -0.39 is 0 Å². The Morgan fingerprint density at radius 1 is 1.53 bits per heavy atom. The molecule has 0 aromatic heterocycles. The summed E-state index contributed by atoms with van der Waals surface area (Å²) < 4.78 is 0. The first-order valence-electron chi connectivity index (χ1n) is 5.34. The minimum atomic E-state index is -0.0914. The average Bonchev–Trinajstić information content (AvgIpc) is 2.26. The lowest BCUT2D eigenvalue weighted by Crippen LogP contribution is -2.41. The summed E-state index contributed by atoms with van der Waals surface area (Å²) in [6.45, 7) is 4.53. The molecule has 5 heteroatoms. The van der Waals surface area contributed by atoms with Crippen molar-refractivity contribution in [3.63, 3.8) is 0 Å². The standard InChI is InChI=1S/C10H20N2OS2/c1-7(8(2)11)10(13)12-5-9-6-14-3-4-15-9/h7-9H,3-6,11H2,1-2H3,(H,12,13). The van der Waals surface area contributed by atoms with Crippen LogP contribution in [0.25, 0.3) is 0 Å². The molecule has 88 valence electrons. The van der Waals surface area contributed by atoms with Gasteiger partial charge in [-0.1, -0.05) is 6.92 Å². The van der Waals surface area contributed by atoms with Crippen LogP contribution in [0.3, 0.4) is 0 Å². The Kier molecular flexibility index (Phi) is 5.86. The maximum Gasteiger partial charge on any atom is 0.224 e. The SMILES string of the molecule is CC(N)C(C)C(=O)NCC1CSCCS1. The van der Waals surface area contributed by atoms with Crippen molar-refractivity contribution in [3.05, 3.63) is 0 Å². The fourth-order valence-electron chi connectivity index (χ4n) is 1.27. The highest BCUT2D eigenvalue weighted by molar-refractivity contribution is 8.06. The van der Waals surface area contributed by atoms with Gasteiger partial charge in [0, 0.05) is 41.0 Å². The van der Waals surface area contributed by atoms with E-state index in [1.165, 1.54) is 11.5 Å². The molecule has 1 rings (SSSR count). The molecular formula is C10H20N2OS2. The van der Waals surface area contributed by atoms with Crippen LogP contribution in [0.1, 0.15) is 13.8 Å². The van der Waals surface area contributed by atoms with E-state index >= 15 is 0 Å². The van der Waals surface area contributed by atoms with Gasteiger partial charge in [-0.2, -0.15) is 23.5 Å². The topological polar surface area (TPSA) is 55.1 Å². The summed E-state index contributed by atoms with van der Waals surface area (Å²) in [5, 5.41) is 3.56. The van der Waals surface area contributed by atoms with Crippen LogP contribution in [-0.4, -0.2) is 41.0 Å². The number of nitrogens with two attached hydrogens (primary N) is 1. The van der Waals surface area contributed by atoms with Gasteiger partial charge in [0.05, 0.1) is 0 Å². The van der Waals surface area contributed by atoms with E-state index in [1.54, 1.807) is 0 Å². The predicted molar refractivity (Wildman–Crippen MR) is 69.4 cm³/mol. The van der Waals surface area contributed by atoms with Crippen molar-refractivity contribution in [1.82, 2.24) is 5.32 Å². The van der Waals surface area contributed by atoms with Crippen molar-refractivity contribution in [2.45, 2.75) is 25.1 Å². The van der Waals surface area contributed by atoms with E-state index in [1.807, 2.05) is 37.4 Å². The van der Waals surface area contributed by atoms with E-state index in [9.17, 15) is 4.79 Å². The summed E-state index contributed by atoms with van der Waals surface area (Å²) in [5.74, 6) is 3.59. The second kappa shape index (κ2) is 6.66. The molecule has 15 heavy (non-hydrogen) atoms. The summed E-state index contributed by atoms with van der Waals surface area (Å²) >= 11 is 3.93. The Bertz CT molecular complexity index is 206. The molecule has 0 bridgehead atoms. The Morgan fingerprint density at radius 3 is 2.80 bits per heavy atom. The van der Waals surface area contributed by atoms with Gasteiger partial charge in [-0.15, -0.1) is 0 Å². The Hall–Kier alpha value is 0.130. The fraction of sp³-hybridized carbons (Fsp3) is 0.900. The van der Waals surface area contributed by atoms with Crippen LogP contribution in [0.2, 0.25) is 0 Å². The lowest BCUT2D eigenvalue weighted by Gasteiger charge is -2.22. The predicted octanol–water partition coefficient (Wildman–Crippen LogP) is 0.935. The normalized spacial score (nSPS) is 25.7. The van der Waals surface area contributed by atoms with Gasteiger partial charge in [0.2, 0.25) is 5.91 Å². The lowest BCUT2D eigenvalue weighted by molar-refractivity contribution is -0.124. The quantitative estimate of drug-likeness (QED) is 0.777. The van der Waals surface area contributed by atoms with Crippen molar-refractivity contribution in [1.29, 1.82) is 0 Å². The highest BCUT2D eigenvalue weighted by Crippen LogP contribution is 2.23. The smallest absolute Gasteiger partial charge is 0.224 e. The molecule has 1 fully saturated rings. The first-order chi connectivity index (χ1) is 7.11. The van der Waals surface area contributed by atoms with Crippen molar-refractivity contribution in [3.8, 4) is 0 Å². The second-order valence-electron chi connectivity index (χ2n) is 3.96. The minimum Gasteiger partial charge on any atom is -0.355 e. The molecule has 0 aliphatic carbocycles. The Morgan fingerprint density at radius 2 is 2.27 bits per heavy atom. The number of thioether (sulfide) groups is 2. The zero-order chi connectivity index (χ0) is 11.3. The summed E-state index contributed by atoms with van der Waals surface area (Å²) in [6, 6.07) is -0.0709. The highest BCUT2D eigenvalue weighted by Gasteiger charge is 2.19. The van der Waals surface area contributed by atoms with Gasteiger partial charge in [0.15, 0.2) is 0 Å². The number of nitrogens with one attached hydrogen (secondary N) is 1. The van der Waals surface area contributed by atoms with Gasteiger partial charge in [0.1, 0.15) is 0 Å². The molecule has 1 aliphatic heterocycles.